The average molecular weight is 238 g/mol. The van der Waals surface area contributed by atoms with E-state index in [0.29, 0.717) is 12.1 Å². The van der Waals surface area contributed by atoms with Gasteiger partial charge in [-0.15, -0.1) is 0 Å². The fraction of sp³-hybridized carbons (Fsp3) is 0.667. The van der Waals surface area contributed by atoms with Crippen LogP contribution in [0.3, 0.4) is 0 Å². The molecule has 0 fully saturated rings. The predicted molar refractivity (Wildman–Crippen MR) is 67.8 cm³/mol. The average Bonchev–Trinajstić information content (AvgIpc) is 2.65. The number of hydrogen-bond acceptors (Lipinski definition) is 3. The minimum atomic E-state index is -0.314. The van der Waals surface area contributed by atoms with E-state index in [0.717, 1.165) is 18.5 Å². The van der Waals surface area contributed by atoms with Crippen LogP contribution in [0.15, 0.2) is 6.20 Å². The molecule has 0 bridgehead atoms. The molecule has 0 aliphatic carbocycles. The Bertz CT molecular complexity index is 393. The van der Waals surface area contributed by atoms with Crippen LogP contribution in [-0.2, 0) is 7.05 Å². The van der Waals surface area contributed by atoms with Crippen LogP contribution in [0.25, 0.3) is 0 Å². The number of carbonyl (C=O) groups is 1. The van der Waals surface area contributed by atoms with Crippen LogP contribution >= 0.6 is 0 Å². The Balaban J connectivity index is 2.65. The van der Waals surface area contributed by atoms with E-state index in [-0.39, 0.29) is 11.4 Å². The molecular weight excluding hydrogens is 216 g/mol. The van der Waals surface area contributed by atoms with Crippen LogP contribution in [0.2, 0.25) is 0 Å². The predicted octanol–water partition coefficient (Wildman–Crippen LogP) is 0.976. The summed E-state index contributed by atoms with van der Waals surface area (Å²) in [4.78, 5) is 11.9. The van der Waals surface area contributed by atoms with E-state index in [9.17, 15) is 4.79 Å². The number of amides is 1. The van der Waals surface area contributed by atoms with Crippen molar-refractivity contribution in [2.45, 2.75) is 39.2 Å². The van der Waals surface area contributed by atoms with Gasteiger partial charge < -0.3 is 11.1 Å². The lowest BCUT2D eigenvalue weighted by molar-refractivity contribution is 0.0941. The molecule has 1 heterocycles. The Kier molecular flexibility index (Phi) is 4.28. The van der Waals surface area contributed by atoms with Gasteiger partial charge in [0.05, 0.1) is 11.3 Å². The number of rotatable bonds is 5. The highest BCUT2D eigenvalue weighted by Crippen LogP contribution is 2.10. The number of nitrogens with zero attached hydrogens (tertiary/aromatic N) is 2. The van der Waals surface area contributed by atoms with Gasteiger partial charge in [0.25, 0.3) is 5.91 Å². The maximum Gasteiger partial charge on any atom is 0.254 e. The van der Waals surface area contributed by atoms with Crippen molar-refractivity contribution < 1.29 is 4.79 Å². The summed E-state index contributed by atoms with van der Waals surface area (Å²) in [5, 5.41) is 7.02. The molecule has 1 amide bonds. The molecule has 17 heavy (non-hydrogen) atoms. The third-order valence-corrected chi connectivity index (χ3v) is 3.27. The van der Waals surface area contributed by atoms with Crippen molar-refractivity contribution >= 4 is 5.91 Å². The minimum Gasteiger partial charge on any atom is -0.350 e. The second-order valence-electron chi connectivity index (χ2n) is 4.55. The monoisotopic (exact) mass is 238 g/mol. The van der Waals surface area contributed by atoms with Crippen LogP contribution in [0.4, 0.5) is 0 Å². The van der Waals surface area contributed by atoms with Crippen molar-refractivity contribution in [1.29, 1.82) is 0 Å². The molecule has 0 radical (unpaired) electrons. The molecule has 3 N–H and O–H groups in total. The second-order valence-corrected chi connectivity index (χ2v) is 4.55. The van der Waals surface area contributed by atoms with E-state index in [2.05, 4.69) is 10.4 Å². The normalized spacial score (nSPS) is 11.6. The highest BCUT2D eigenvalue weighted by atomic mass is 16.1. The summed E-state index contributed by atoms with van der Waals surface area (Å²) in [5.41, 5.74) is 7.17. The van der Waals surface area contributed by atoms with Crippen LogP contribution in [0.5, 0.6) is 0 Å². The van der Waals surface area contributed by atoms with Gasteiger partial charge in [-0.05, 0) is 19.8 Å². The lowest BCUT2D eigenvalue weighted by atomic mass is 9.94. The van der Waals surface area contributed by atoms with Gasteiger partial charge in [-0.25, -0.2) is 0 Å². The van der Waals surface area contributed by atoms with Gasteiger partial charge in [0.15, 0.2) is 0 Å². The summed E-state index contributed by atoms with van der Waals surface area (Å²) in [6.45, 7) is 6.38. The van der Waals surface area contributed by atoms with Crippen molar-refractivity contribution in [3.63, 3.8) is 0 Å². The first-order valence-electron chi connectivity index (χ1n) is 5.99. The maximum absolute atomic E-state index is 11.9. The zero-order valence-corrected chi connectivity index (χ0v) is 11.1. The zero-order chi connectivity index (χ0) is 13.1. The van der Waals surface area contributed by atoms with Crippen molar-refractivity contribution in [2.24, 2.45) is 12.8 Å². The number of hydrogen-bond donors (Lipinski definition) is 2. The summed E-state index contributed by atoms with van der Waals surface area (Å²) in [7, 11) is 1.80. The summed E-state index contributed by atoms with van der Waals surface area (Å²) < 4.78 is 1.64. The molecule has 5 heteroatoms. The second kappa shape index (κ2) is 5.31. The summed E-state index contributed by atoms with van der Waals surface area (Å²) >= 11 is 0. The highest BCUT2D eigenvalue weighted by Gasteiger charge is 2.22. The zero-order valence-electron chi connectivity index (χ0n) is 11.1. The molecule has 0 unspecified atom stereocenters. The molecular formula is C12H22N4O. The standard InChI is InChI=1S/C12H22N4O/c1-5-12(13,6-2)8-14-11(17)10-7-16(4)15-9(10)3/h7H,5-6,8,13H2,1-4H3,(H,14,17). The van der Waals surface area contributed by atoms with Gasteiger partial charge in [-0.2, -0.15) is 5.10 Å². The number of nitrogens with one attached hydrogen (secondary N) is 1. The Hall–Kier alpha value is -1.36. The molecule has 0 saturated carbocycles. The molecule has 0 spiro atoms. The van der Waals surface area contributed by atoms with E-state index in [1.165, 1.54) is 0 Å². The summed E-state index contributed by atoms with van der Waals surface area (Å²) in [5.74, 6) is -0.104. The van der Waals surface area contributed by atoms with Crippen molar-refractivity contribution in [2.75, 3.05) is 6.54 Å². The van der Waals surface area contributed by atoms with E-state index in [1.807, 2.05) is 20.8 Å². The topological polar surface area (TPSA) is 72.9 Å². The first-order chi connectivity index (χ1) is 7.91. The number of aromatic nitrogens is 2. The largest absolute Gasteiger partial charge is 0.350 e. The molecule has 1 aromatic rings. The first kappa shape index (κ1) is 13.7. The van der Waals surface area contributed by atoms with E-state index in [1.54, 1.807) is 17.9 Å². The van der Waals surface area contributed by atoms with Gasteiger partial charge in [-0.1, -0.05) is 13.8 Å². The van der Waals surface area contributed by atoms with Crippen LogP contribution in [-0.4, -0.2) is 27.8 Å². The molecule has 0 aliphatic heterocycles. The molecule has 1 aromatic heterocycles. The van der Waals surface area contributed by atoms with E-state index < -0.39 is 0 Å². The number of nitrogens with two attached hydrogens (primary N) is 1. The van der Waals surface area contributed by atoms with Crippen molar-refractivity contribution in [1.82, 2.24) is 15.1 Å². The Morgan fingerprint density at radius 1 is 1.53 bits per heavy atom. The fourth-order valence-electron chi connectivity index (χ4n) is 1.67. The van der Waals surface area contributed by atoms with Gasteiger partial charge in [0.1, 0.15) is 0 Å². The smallest absolute Gasteiger partial charge is 0.254 e. The van der Waals surface area contributed by atoms with Gasteiger partial charge in [0.2, 0.25) is 0 Å². The molecule has 0 aromatic carbocycles. The molecule has 0 saturated heterocycles. The van der Waals surface area contributed by atoms with E-state index in [4.69, 9.17) is 5.73 Å². The quantitative estimate of drug-likeness (QED) is 0.803. The lowest BCUT2D eigenvalue weighted by Crippen LogP contribution is -2.49. The van der Waals surface area contributed by atoms with Crippen molar-refractivity contribution in [3.05, 3.63) is 17.5 Å². The van der Waals surface area contributed by atoms with Gasteiger partial charge in [-0.3, -0.25) is 9.48 Å². The van der Waals surface area contributed by atoms with Gasteiger partial charge >= 0.3 is 0 Å². The van der Waals surface area contributed by atoms with Crippen LogP contribution in [0.1, 0.15) is 42.7 Å². The summed E-state index contributed by atoms with van der Waals surface area (Å²) in [6, 6.07) is 0. The Morgan fingerprint density at radius 3 is 2.53 bits per heavy atom. The number of carbonyl (C=O) groups excluding carboxylic acids is 1. The Morgan fingerprint density at radius 2 is 2.12 bits per heavy atom. The highest BCUT2D eigenvalue weighted by molar-refractivity contribution is 5.95. The van der Waals surface area contributed by atoms with Crippen LogP contribution in [0, 0.1) is 6.92 Å². The minimum absolute atomic E-state index is 0.104. The summed E-state index contributed by atoms with van der Waals surface area (Å²) in [6.07, 6.45) is 3.41. The molecule has 5 nitrogen and oxygen atoms in total. The van der Waals surface area contributed by atoms with Crippen LogP contribution < -0.4 is 11.1 Å². The molecule has 96 valence electrons. The molecule has 1 rings (SSSR count). The van der Waals surface area contributed by atoms with Crippen molar-refractivity contribution in [3.8, 4) is 0 Å². The maximum atomic E-state index is 11.9. The first-order valence-corrected chi connectivity index (χ1v) is 5.99. The molecule has 0 atom stereocenters. The number of aryl methyl sites for hydroxylation is 2. The lowest BCUT2D eigenvalue weighted by Gasteiger charge is -2.26. The third-order valence-electron chi connectivity index (χ3n) is 3.27. The van der Waals surface area contributed by atoms with E-state index >= 15 is 0 Å². The SMILES string of the molecule is CCC(N)(CC)CNC(=O)c1cn(C)nc1C. The van der Waals surface area contributed by atoms with Gasteiger partial charge in [0, 0.05) is 25.3 Å². The fourth-order valence-corrected chi connectivity index (χ4v) is 1.67. The Labute approximate surface area is 102 Å². The molecule has 0 aliphatic rings. The third kappa shape index (κ3) is 3.30.